The molecule has 0 bridgehead atoms. The van der Waals surface area contributed by atoms with E-state index in [0.717, 1.165) is 44.6 Å². The highest BCUT2D eigenvalue weighted by molar-refractivity contribution is 6.32. The summed E-state index contributed by atoms with van der Waals surface area (Å²) in [5, 5.41) is 14.1. The summed E-state index contributed by atoms with van der Waals surface area (Å²) in [6.45, 7) is 6.05. The maximum atomic E-state index is 10.4. The molecule has 0 unspecified atom stereocenters. The number of piperazine rings is 1. The monoisotopic (exact) mass is 370 g/mol. The zero-order chi connectivity index (χ0) is 14.5. The van der Waals surface area contributed by atoms with Gasteiger partial charge in [0.25, 0.3) is 0 Å². The summed E-state index contributed by atoms with van der Waals surface area (Å²) in [7, 11) is 1.63. The predicted octanol–water partition coefficient (Wildman–Crippen LogP) is 3.64. The van der Waals surface area contributed by atoms with E-state index >= 15 is 0 Å². The van der Waals surface area contributed by atoms with Crippen molar-refractivity contribution in [1.82, 2.24) is 10.2 Å². The molecule has 1 aromatic carbocycles. The molecule has 1 aromatic rings. The molecule has 22 heavy (non-hydrogen) atoms. The van der Waals surface area contributed by atoms with E-state index in [0.29, 0.717) is 10.8 Å². The third-order valence-corrected chi connectivity index (χ3v) is 4.14. The Hall–Kier alpha value is -0.390. The third-order valence-electron chi connectivity index (χ3n) is 3.84. The standard InChI is InChI=1S/C15H23ClN2O2.2ClH/c1-3-4-12(18-9-7-17-8-10-18)14-13(20-2)6-5-11(16)15(14)19;;/h5-6,12,17,19H,3-4,7-10H2,1-2H3;2*1H/t12-;;/m1../s1. The predicted molar refractivity (Wildman–Crippen MR) is 96.3 cm³/mol. The highest BCUT2D eigenvalue weighted by Gasteiger charge is 2.27. The van der Waals surface area contributed by atoms with Gasteiger partial charge in [-0.3, -0.25) is 4.90 Å². The van der Waals surface area contributed by atoms with Crippen LogP contribution >= 0.6 is 36.4 Å². The van der Waals surface area contributed by atoms with E-state index < -0.39 is 0 Å². The summed E-state index contributed by atoms with van der Waals surface area (Å²) in [6.07, 6.45) is 2.02. The lowest BCUT2D eigenvalue weighted by Crippen LogP contribution is -2.45. The van der Waals surface area contributed by atoms with Crippen molar-refractivity contribution in [1.29, 1.82) is 0 Å². The molecule has 0 radical (unpaired) electrons. The first-order valence-corrected chi connectivity index (χ1v) is 7.57. The van der Waals surface area contributed by atoms with Gasteiger partial charge in [0, 0.05) is 32.2 Å². The molecule has 1 atom stereocenters. The molecule has 2 N–H and O–H groups in total. The van der Waals surface area contributed by atoms with Gasteiger partial charge in [-0.25, -0.2) is 0 Å². The SMILES string of the molecule is CCC[C@H](c1c(OC)ccc(Cl)c1O)N1CCNCC1.Cl.Cl. The van der Waals surface area contributed by atoms with Crippen LogP contribution in [0.2, 0.25) is 5.02 Å². The van der Waals surface area contributed by atoms with Gasteiger partial charge in [-0.2, -0.15) is 0 Å². The summed E-state index contributed by atoms with van der Waals surface area (Å²) < 4.78 is 5.44. The molecule has 4 nitrogen and oxygen atoms in total. The van der Waals surface area contributed by atoms with Crippen LogP contribution in [-0.2, 0) is 0 Å². The first kappa shape index (κ1) is 21.6. The van der Waals surface area contributed by atoms with Crippen LogP contribution in [0.15, 0.2) is 12.1 Å². The molecule has 128 valence electrons. The van der Waals surface area contributed by atoms with Crippen LogP contribution < -0.4 is 10.1 Å². The Bertz CT molecular complexity index is 455. The summed E-state index contributed by atoms with van der Waals surface area (Å²) in [5.74, 6) is 0.867. The fourth-order valence-electron chi connectivity index (χ4n) is 2.84. The normalized spacial score (nSPS) is 16.3. The molecular weight excluding hydrogens is 347 g/mol. The van der Waals surface area contributed by atoms with Crippen molar-refractivity contribution in [3.63, 3.8) is 0 Å². The molecule has 0 saturated carbocycles. The van der Waals surface area contributed by atoms with Crippen molar-refractivity contribution in [2.75, 3.05) is 33.3 Å². The molecule has 0 amide bonds. The van der Waals surface area contributed by atoms with Gasteiger partial charge in [-0.1, -0.05) is 24.9 Å². The molecule has 1 aliphatic heterocycles. The molecule has 1 heterocycles. The van der Waals surface area contributed by atoms with Gasteiger partial charge >= 0.3 is 0 Å². The Morgan fingerprint density at radius 1 is 1.32 bits per heavy atom. The highest BCUT2D eigenvalue weighted by atomic mass is 35.5. The van der Waals surface area contributed by atoms with Crippen molar-refractivity contribution < 1.29 is 9.84 Å². The average Bonchev–Trinajstić information content (AvgIpc) is 2.49. The van der Waals surface area contributed by atoms with Crippen LogP contribution in [-0.4, -0.2) is 43.3 Å². The lowest BCUT2D eigenvalue weighted by molar-refractivity contribution is 0.159. The molecule has 7 heteroatoms. The largest absolute Gasteiger partial charge is 0.506 e. The lowest BCUT2D eigenvalue weighted by atomic mass is 9.97. The van der Waals surface area contributed by atoms with Crippen molar-refractivity contribution in [2.24, 2.45) is 0 Å². The Labute approximate surface area is 150 Å². The Balaban J connectivity index is 0.00000220. The van der Waals surface area contributed by atoms with E-state index in [1.807, 2.05) is 6.07 Å². The molecule has 0 aromatic heterocycles. The number of nitrogens with one attached hydrogen (secondary N) is 1. The number of halogens is 3. The number of hydrogen-bond donors (Lipinski definition) is 2. The molecule has 1 saturated heterocycles. The van der Waals surface area contributed by atoms with Gasteiger partial charge in [0.05, 0.1) is 17.7 Å². The topological polar surface area (TPSA) is 44.7 Å². The van der Waals surface area contributed by atoms with Crippen molar-refractivity contribution >= 4 is 36.4 Å². The number of benzene rings is 1. The molecule has 0 spiro atoms. The van der Waals surface area contributed by atoms with Gasteiger partial charge in [0.15, 0.2) is 0 Å². The van der Waals surface area contributed by atoms with Crippen LogP contribution in [0.5, 0.6) is 11.5 Å². The quantitative estimate of drug-likeness (QED) is 0.829. The van der Waals surface area contributed by atoms with E-state index in [-0.39, 0.29) is 36.6 Å². The number of phenols is 1. The summed E-state index contributed by atoms with van der Waals surface area (Å²) in [4.78, 5) is 2.40. The van der Waals surface area contributed by atoms with Crippen LogP contribution in [0.1, 0.15) is 31.4 Å². The highest BCUT2D eigenvalue weighted by Crippen LogP contribution is 2.42. The lowest BCUT2D eigenvalue weighted by Gasteiger charge is -2.36. The number of ether oxygens (including phenoxy) is 1. The first-order valence-electron chi connectivity index (χ1n) is 7.19. The second kappa shape index (κ2) is 10.4. The van der Waals surface area contributed by atoms with Gasteiger partial charge in [0.1, 0.15) is 11.5 Å². The Morgan fingerprint density at radius 2 is 1.95 bits per heavy atom. The molecular formula is C15H25Cl3N2O2. The van der Waals surface area contributed by atoms with E-state index in [1.54, 1.807) is 13.2 Å². The molecule has 2 rings (SSSR count). The zero-order valence-electron chi connectivity index (χ0n) is 13.0. The fourth-order valence-corrected chi connectivity index (χ4v) is 3.00. The van der Waals surface area contributed by atoms with Crippen molar-refractivity contribution in [3.05, 3.63) is 22.7 Å². The number of nitrogens with zero attached hydrogens (tertiary/aromatic N) is 1. The zero-order valence-corrected chi connectivity index (χ0v) is 15.4. The number of phenolic OH excluding ortho intramolecular Hbond substituents is 1. The minimum atomic E-state index is 0. The van der Waals surface area contributed by atoms with Crippen LogP contribution in [0, 0.1) is 0 Å². The van der Waals surface area contributed by atoms with Crippen molar-refractivity contribution in [3.8, 4) is 11.5 Å². The summed E-state index contributed by atoms with van der Waals surface area (Å²) in [5.41, 5.74) is 0.823. The molecule has 0 aliphatic carbocycles. The van der Waals surface area contributed by atoms with Gasteiger partial charge in [-0.15, -0.1) is 24.8 Å². The second-order valence-corrected chi connectivity index (χ2v) is 5.51. The molecule has 1 fully saturated rings. The van der Waals surface area contributed by atoms with Gasteiger partial charge in [0.2, 0.25) is 0 Å². The molecule has 1 aliphatic rings. The summed E-state index contributed by atoms with van der Waals surface area (Å²) >= 11 is 6.09. The van der Waals surface area contributed by atoms with Crippen LogP contribution in [0.4, 0.5) is 0 Å². The maximum absolute atomic E-state index is 10.4. The van der Waals surface area contributed by atoms with E-state index in [2.05, 4.69) is 17.1 Å². The fraction of sp³-hybridized carbons (Fsp3) is 0.600. The number of methoxy groups -OCH3 is 1. The van der Waals surface area contributed by atoms with E-state index in [1.165, 1.54) is 0 Å². The van der Waals surface area contributed by atoms with E-state index in [9.17, 15) is 5.11 Å². The Morgan fingerprint density at radius 3 is 2.50 bits per heavy atom. The second-order valence-electron chi connectivity index (χ2n) is 5.10. The summed E-state index contributed by atoms with van der Waals surface area (Å²) in [6, 6.07) is 3.66. The van der Waals surface area contributed by atoms with Gasteiger partial charge in [-0.05, 0) is 18.6 Å². The smallest absolute Gasteiger partial charge is 0.142 e. The van der Waals surface area contributed by atoms with Gasteiger partial charge < -0.3 is 15.2 Å². The van der Waals surface area contributed by atoms with Crippen molar-refractivity contribution in [2.45, 2.75) is 25.8 Å². The average molecular weight is 372 g/mol. The minimum Gasteiger partial charge on any atom is -0.506 e. The number of rotatable bonds is 5. The van der Waals surface area contributed by atoms with E-state index in [4.69, 9.17) is 16.3 Å². The maximum Gasteiger partial charge on any atom is 0.142 e. The third kappa shape index (κ3) is 4.80. The minimum absolute atomic E-state index is 0. The van der Waals surface area contributed by atoms with Crippen LogP contribution in [0.3, 0.4) is 0 Å². The Kier molecular flexibility index (Phi) is 10.2. The number of aromatic hydroxyl groups is 1. The van der Waals surface area contributed by atoms with Crippen LogP contribution in [0.25, 0.3) is 0 Å². The first-order chi connectivity index (χ1) is 9.69. The number of hydrogen-bond acceptors (Lipinski definition) is 4.